The van der Waals surface area contributed by atoms with E-state index in [0.717, 1.165) is 49.7 Å². The number of aromatic hydroxyl groups is 1. The summed E-state index contributed by atoms with van der Waals surface area (Å²) in [4.78, 5) is 1.10. The molecule has 2 aliphatic heterocycles. The molecule has 5 heteroatoms. The summed E-state index contributed by atoms with van der Waals surface area (Å²) in [6, 6.07) is 9.68. The molecule has 0 unspecified atom stereocenters. The van der Waals surface area contributed by atoms with Gasteiger partial charge in [0, 0.05) is 27.3 Å². The molecule has 0 atom stereocenters. The van der Waals surface area contributed by atoms with Gasteiger partial charge >= 0.3 is 0 Å². The zero-order chi connectivity index (χ0) is 23.5. The summed E-state index contributed by atoms with van der Waals surface area (Å²) in [6.07, 6.45) is 4.34. The lowest BCUT2D eigenvalue weighted by Gasteiger charge is -2.35. The standard InChI is InChI=1S/C28H27NO3S/c1-15(2)17-11-12-33-23(17)13-22-25-18(26-21(32-22)10-9-20(30)27(26)31-6)7-8-19-24(25)16(3)14-28(4,5)29-19/h7-14,29-30H,1H2,2-6H3/b22-13-. The van der Waals surface area contributed by atoms with E-state index in [1.807, 2.05) is 6.92 Å². The van der Waals surface area contributed by atoms with E-state index in [1.165, 1.54) is 5.57 Å². The maximum atomic E-state index is 10.5. The SMILES string of the molecule is C=C(C)c1ccsc1/C=C1\Oc2ccc(O)c(OC)c2-c2ccc3c(c21)C(C)=CC(C)(C)N3. The molecule has 2 N–H and O–H groups in total. The molecule has 0 saturated carbocycles. The van der Waals surface area contributed by atoms with Crippen molar-refractivity contribution in [2.24, 2.45) is 0 Å². The number of hydrogen-bond donors (Lipinski definition) is 2. The van der Waals surface area contributed by atoms with E-state index in [9.17, 15) is 5.11 Å². The average molecular weight is 458 g/mol. The number of thiophene rings is 1. The van der Waals surface area contributed by atoms with Crippen LogP contribution in [0.4, 0.5) is 5.69 Å². The Hall–Kier alpha value is -3.44. The minimum absolute atomic E-state index is 0.0882. The van der Waals surface area contributed by atoms with Crippen molar-refractivity contribution in [3.05, 3.63) is 69.9 Å². The van der Waals surface area contributed by atoms with Gasteiger partial charge in [-0.2, -0.15) is 0 Å². The Balaban J connectivity index is 1.84. The van der Waals surface area contributed by atoms with Crippen molar-refractivity contribution < 1.29 is 14.6 Å². The van der Waals surface area contributed by atoms with Gasteiger partial charge < -0.3 is 19.9 Å². The number of rotatable bonds is 3. The van der Waals surface area contributed by atoms with Crippen LogP contribution >= 0.6 is 11.3 Å². The number of phenolic OH excluding ortho intramolecular Hbond substituents is 1. The highest BCUT2D eigenvalue weighted by Crippen LogP contribution is 2.54. The van der Waals surface area contributed by atoms with Crippen LogP contribution in [0.1, 0.15) is 49.3 Å². The fraction of sp³-hybridized carbons (Fsp3) is 0.214. The van der Waals surface area contributed by atoms with E-state index in [4.69, 9.17) is 9.47 Å². The third-order valence-corrected chi connectivity index (χ3v) is 6.95. The number of nitrogens with one attached hydrogen (secondary N) is 1. The first-order chi connectivity index (χ1) is 15.7. The summed E-state index contributed by atoms with van der Waals surface area (Å²) in [6.45, 7) is 12.6. The number of allylic oxidation sites excluding steroid dienone is 2. The van der Waals surface area contributed by atoms with Crippen LogP contribution in [-0.2, 0) is 0 Å². The third kappa shape index (κ3) is 3.44. The van der Waals surface area contributed by atoms with Crippen LogP contribution in [0.2, 0.25) is 0 Å². The van der Waals surface area contributed by atoms with Crippen LogP contribution in [-0.4, -0.2) is 17.8 Å². The molecule has 1 aromatic heterocycles. The first kappa shape index (κ1) is 21.4. The van der Waals surface area contributed by atoms with Gasteiger partial charge in [0.05, 0.1) is 18.2 Å². The van der Waals surface area contributed by atoms with E-state index >= 15 is 0 Å². The van der Waals surface area contributed by atoms with E-state index in [1.54, 1.807) is 30.6 Å². The monoisotopic (exact) mass is 457 g/mol. The van der Waals surface area contributed by atoms with E-state index in [2.05, 4.69) is 68.4 Å². The first-order valence-electron chi connectivity index (χ1n) is 10.9. The average Bonchev–Trinajstić information content (AvgIpc) is 3.21. The van der Waals surface area contributed by atoms with Gasteiger partial charge in [-0.3, -0.25) is 0 Å². The number of phenols is 1. The van der Waals surface area contributed by atoms with E-state index in [-0.39, 0.29) is 11.3 Å². The molecule has 5 rings (SSSR count). The van der Waals surface area contributed by atoms with Crippen molar-refractivity contribution in [2.45, 2.75) is 33.2 Å². The van der Waals surface area contributed by atoms with Gasteiger partial charge in [-0.25, -0.2) is 0 Å². The first-order valence-corrected chi connectivity index (χ1v) is 11.8. The number of methoxy groups -OCH3 is 1. The molecule has 0 bridgehead atoms. The Morgan fingerprint density at radius 3 is 2.67 bits per heavy atom. The van der Waals surface area contributed by atoms with Gasteiger partial charge in [0.25, 0.3) is 0 Å². The van der Waals surface area contributed by atoms with Crippen molar-refractivity contribution in [3.8, 4) is 28.4 Å². The maximum absolute atomic E-state index is 10.5. The van der Waals surface area contributed by atoms with Crippen molar-refractivity contribution in [2.75, 3.05) is 12.4 Å². The highest BCUT2D eigenvalue weighted by atomic mass is 32.1. The second-order valence-corrected chi connectivity index (χ2v) is 10.1. The summed E-state index contributed by atoms with van der Waals surface area (Å²) in [5, 5.41) is 16.2. The van der Waals surface area contributed by atoms with Gasteiger partial charge in [0.15, 0.2) is 11.5 Å². The highest BCUT2D eigenvalue weighted by molar-refractivity contribution is 7.11. The van der Waals surface area contributed by atoms with Gasteiger partial charge in [0.2, 0.25) is 0 Å². The molecule has 4 nitrogen and oxygen atoms in total. The molecular formula is C28H27NO3S. The molecule has 3 aromatic rings. The Morgan fingerprint density at radius 2 is 1.94 bits per heavy atom. The number of anilines is 1. The number of fused-ring (bicyclic) bond motifs is 5. The van der Waals surface area contributed by atoms with Crippen LogP contribution in [0.15, 0.2) is 48.4 Å². The lowest BCUT2D eigenvalue weighted by molar-refractivity contribution is 0.371. The Morgan fingerprint density at radius 1 is 1.15 bits per heavy atom. The lowest BCUT2D eigenvalue weighted by Crippen LogP contribution is -2.32. The van der Waals surface area contributed by atoms with Crippen molar-refractivity contribution >= 4 is 40.0 Å². The van der Waals surface area contributed by atoms with Gasteiger partial charge in [-0.15, -0.1) is 11.3 Å². The van der Waals surface area contributed by atoms with E-state index < -0.39 is 0 Å². The fourth-order valence-corrected chi connectivity index (χ4v) is 5.75. The Labute approximate surface area is 198 Å². The summed E-state index contributed by atoms with van der Waals surface area (Å²) in [7, 11) is 1.57. The molecule has 33 heavy (non-hydrogen) atoms. The molecule has 2 aliphatic rings. The summed E-state index contributed by atoms with van der Waals surface area (Å²) in [5.74, 6) is 1.92. The Bertz CT molecular complexity index is 1370. The van der Waals surface area contributed by atoms with Crippen LogP contribution in [0.25, 0.3) is 34.1 Å². The quantitative estimate of drug-likeness (QED) is 0.424. The maximum Gasteiger partial charge on any atom is 0.172 e. The molecule has 168 valence electrons. The molecule has 3 heterocycles. The van der Waals surface area contributed by atoms with Crippen LogP contribution in [0, 0.1) is 0 Å². The Kier molecular flexibility index (Phi) is 4.91. The van der Waals surface area contributed by atoms with Gasteiger partial charge in [0.1, 0.15) is 11.5 Å². The minimum atomic E-state index is -0.153. The topological polar surface area (TPSA) is 50.7 Å². The second-order valence-electron chi connectivity index (χ2n) is 9.17. The van der Waals surface area contributed by atoms with Crippen molar-refractivity contribution in [1.29, 1.82) is 0 Å². The van der Waals surface area contributed by atoms with E-state index in [0.29, 0.717) is 11.5 Å². The second kappa shape index (κ2) is 7.56. The predicted octanol–water partition coefficient (Wildman–Crippen LogP) is 7.66. The van der Waals surface area contributed by atoms with Crippen LogP contribution in [0.5, 0.6) is 17.2 Å². The summed E-state index contributed by atoms with van der Waals surface area (Å²) >= 11 is 1.66. The highest BCUT2D eigenvalue weighted by Gasteiger charge is 2.33. The summed E-state index contributed by atoms with van der Waals surface area (Å²) in [5.41, 5.74) is 8.02. The molecule has 0 saturated heterocycles. The van der Waals surface area contributed by atoms with Crippen molar-refractivity contribution in [3.63, 3.8) is 0 Å². The van der Waals surface area contributed by atoms with Crippen molar-refractivity contribution in [1.82, 2.24) is 0 Å². The molecule has 2 aromatic carbocycles. The molecule has 0 fully saturated rings. The van der Waals surface area contributed by atoms with Crippen LogP contribution in [0.3, 0.4) is 0 Å². The smallest absolute Gasteiger partial charge is 0.172 e. The minimum Gasteiger partial charge on any atom is -0.504 e. The zero-order valence-corrected chi connectivity index (χ0v) is 20.3. The normalized spacial score (nSPS) is 16.6. The number of benzene rings is 2. The predicted molar refractivity (Wildman–Crippen MR) is 139 cm³/mol. The molecular weight excluding hydrogens is 430 g/mol. The van der Waals surface area contributed by atoms with Gasteiger partial charge in [-0.1, -0.05) is 18.7 Å². The van der Waals surface area contributed by atoms with Gasteiger partial charge in [-0.05, 0) is 80.1 Å². The molecule has 0 aliphatic carbocycles. The summed E-state index contributed by atoms with van der Waals surface area (Å²) < 4.78 is 12.1. The fourth-order valence-electron chi connectivity index (χ4n) is 4.85. The molecule has 0 spiro atoms. The van der Waals surface area contributed by atoms with Crippen LogP contribution < -0.4 is 14.8 Å². The zero-order valence-electron chi connectivity index (χ0n) is 19.5. The molecule has 0 radical (unpaired) electrons. The number of ether oxygens (including phenoxy) is 2. The largest absolute Gasteiger partial charge is 0.504 e. The number of hydrogen-bond acceptors (Lipinski definition) is 5. The lowest BCUT2D eigenvalue weighted by atomic mass is 9.83. The third-order valence-electron chi connectivity index (χ3n) is 6.09. The molecule has 0 amide bonds.